The first-order valence-electron chi connectivity index (χ1n) is 7.65. The van der Waals surface area contributed by atoms with Crippen molar-refractivity contribution in [2.75, 3.05) is 5.32 Å². The number of anilines is 1. The van der Waals surface area contributed by atoms with Crippen LogP contribution < -0.4 is 16.2 Å². The number of halogens is 2. The van der Waals surface area contributed by atoms with Crippen molar-refractivity contribution in [2.45, 2.75) is 6.42 Å². The molecule has 134 valence electrons. The maximum Gasteiger partial charge on any atom is 0.245 e. The monoisotopic (exact) mass is 391 g/mol. The number of hydrazine groups is 1. The molecule has 0 radical (unpaired) electrons. The van der Waals surface area contributed by atoms with E-state index in [4.69, 9.17) is 23.8 Å². The van der Waals surface area contributed by atoms with Crippen LogP contribution in [-0.4, -0.2) is 20.6 Å². The third-order valence-electron chi connectivity index (χ3n) is 3.69. The number of carbonyl (C=O) groups is 1. The summed E-state index contributed by atoms with van der Waals surface area (Å²) in [6.45, 7) is 0. The van der Waals surface area contributed by atoms with Crippen LogP contribution >= 0.6 is 23.8 Å². The molecule has 0 aliphatic heterocycles. The van der Waals surface area contributed by atoms with Gasteiger partial charge in [0.05, 0.1) is 22.5 Å². The van der Waals surface area contributed by atoms with E-state index in [-0.39, 0.29) is 22.5 Å². The SMILES string of the molecule is Cn1c(CC(=O)NNC(=S)Nc2ccc(F)c(Cl)c2)nc2ccccc21. The van der Waals surface area contributed by atoms with Gasteiger partial charge in [-0.2, -0.15) is 0 Å². The lowest BCUT2D eigenvalue weighted by atomic mass is 10.3. The lowest BCUT2D eigenvalue weighted by Gasteiger charge is -2.12. The molecule has 9 heteroatoms. The Hall–Kier alpha value is -2.71. The van der Waals surface area contributed by atoms with Gasteiger partial charge in [-0.25, -0.2) is 9.37 Å². The Labute approximate surface area is 159 Å². The Balaban J connectivity index is 1.55. The maximum atomic E-state index is 13.1. The van der Waals surface area contributed by atoms with Crippen molar-refractivity contribution in [1.82, 2.24) is 20.4 Å². The van der Waals surface area contributed by atoms with Gasteiger partial charge in [0.1, 0.15) is 11.6 Å². The Morgan fingerprint density at radius 3 is 2.77 bits per heavy atom. The van der Waals surface area contributed by atoms with Crippen LogP contribution in [0.3, 0.4) is 0 Å². The van der Waals surface area contributed by atoms with Crippen LogP contribution in [0, 0.1) is 5.82 Å². The lowest BCUT2D eigenvalue weighted by molar-refractivity contribution is -0.121. The molecule has 3 aromatic rings. The van der Waals surface area contributed by atoms with Crippen molar-refractivity contribution in [3.8, 4) is 0 Å². The standard InChI is InChI=1S/C17H15ClFN5OS/c1-24-14-5-3-2-4-13(14)21-15(24)9-16(25)22-23-17(26)20-10-6-7-12(19)11(18)8-10/h2-8H,9H2,1H3,(H,22,25)(H2,20,23,26). The molecule has 3 rings (SSSR count). The fourth-order valence-electron chi connectivity index (χ4n) is 2.40. The highest BCUT2D eigenvalue weighted by molar-refractivity contribution is 7.80. The molecule has 0 fully saturated rings. The molecule has 26 heavy (non-hydrogen) atoms. The zero-order valence-corrected chi connectivity index (χ0v) is 15.3. The summed E-state index contributed by atoms with van der Waals surface area (Å²) >= 11 is 10.8. The molecular weight excluding hydrogens is 377 g/mol. The van der Waals surface area contributed by atoms with E-state index in [1.807, 2.05) is 35.9 Å². The van der Waals surface area contributed by atoms with Crippen LogP contribution in [0.5, 0.6) is 0 Å². The Kier molecular flexibility index (Phi) is 5.34. The smallest absolute Gasteiger partial charge is 0.245 e. The van der Waals surface area contributed by atoms with Gasteiger partial charge in [0.25, 0.3) is 0 Å². The third kappa shape index (κ3) is 4.09. The van der Waals surface area contributed by atoms with Crippen LogP contribution in [0.4, 0.5) is 10.1 Å². The molecule has 0 unspecified atom stereocenters. The number of thiocarbonyl (C=S) groups is 1. The zero-order valence-electron chi connectivity index (χ0n) is 13.7. The topological polar surface area (TPSA) is 71.0 Å². The number of imidazole rings is 1. The van der Waals surface area contributed by atoms with Crippen molar-refractivity contribution >= 4 is 51.6 Å². The summed E-state index contributed by atoms with van der Waals surface area (Å²) in [5, 5.41) is 2.92. The van der Waals surface area contributed by atoms with Gasteiger partial charge < -0.3 is 9.88 Å². The molecule has 6 nitrogen and oxygen atoms in total. The minimum atomic E-state index is -0.521. The molecule has 2 aromatic carbocycles. The summed E-state index contributed by atoms with van der Waals surface area (Å²) in [6, 6.07) is 11.7. The van der Waals surface area contributed by atoms with Crippen molar-refractivity contribution in [1.29, 1.82) is 0 Å². The van der Waals surface area contributed by atoms with Gasteiger partial charge in [-0.3, -0.25) is 15.6 Å². The second-order valence-electron chi connectivity index (χ2n) is 5.51. The van der Waals surface area contributed by atoms with Gasteiger partial charge in [0, 0.05) is 12.7 Å². The summed E-state index contributed by atoms with van der Waals surface area (Å²) in [6.07, 6.45) is 0.0865. The first-order valence-corrected chi connectivity index (χ1v) is 8.44. The average molecular weight is 392 g/mol. The number of aryl methyl sites for hydroxylation is 1. The Morgan fingerprint density at radius 1 is 1.27 bits per heavy atom. The number of hydrogen-bond acceptors (Lipinski definition) is 3. The van der Waals surface area contributed by atoms with Gasteiger partial charge in [0.2, 0.25) is 5.91 Å². The number of amides is 1. The Morgan fingerprint density at radius 2 is 2.04 bits per heavy atom. The number of nitrogens with one attached hydrogen (secondary N) is 3. The van der Waals surface area contributed by atoms with Crippen LogP contribution in [0.2, 0.25) is 5.02 Å². The lowest BCUT2D eigenvalue weighted by Crippen LogP contribution is -2.44. The largest absolute Gasteiger partial charge is 0.331 e. The first kappa shape index (κ1) is 18.1. The molecule has 1 heterocycles. The first-order chi connectivity index (χ1) is 12.4. The van der Waals surface area contributed by atoms with E-state index in [2.05, 4.69) is 21.2 Å². The molecule has 0 aliphatic carbocycles. The number of carbonyl (C=O) groups excluding carboxylic acids is 1. The second-order valence-corrected chi connectivity index (χ2v) is 6.32. The summed E-state index contributed by atoms with van der Waals surface area (Å²) in [4.78, 5) is 16.6. The number of para-hydroxylation sites is 2. The fourth-order valence-corrected chi connectivity index (χ4v) is 2.75. The molecule has 0 atom stereocenters. The van der Waals surface area contributed by atoms with Crippen LogP contribution in [-0.2, 0) is 18.3 Å². The predicted octanol–water partition coefficient (Wildman–Crippen LogP) is 2.93. The molecular formula is C17H15ClFN5OS. The van der Waals surface area contributed by atoms with Crippen molar-refractivity contribution in [3.63, 3.8) is 0 Å². The summed E-state index contributed by atoms with van der Waals surface area (Å²) in [5.74, 6) is -0.189. The summed E-state index contributed by atoms with van der Waals surface area (Å²) in [5.41, 5.74) is 7.36. The highest BCUT2D eigenvalue weighted by Gasteiger charge is 2.12. The molecule has 0 saturated heterocycles. The van der Waals surface area contributed by atoms with Gasteiger partial charge >= 0.3 is 0 Å². The molecule has 3 N–H and O–H groups in total. The predicted molar refractivity (Wildman–Crippen MR) is 103 cm³/mol. The second kappa shape index (κ2) is 7.67. The number of fused-ring (bicyclic) bond motifs is 1. The van der Waals surface area contributed by atoms with Crippen molar-refractivity contribution in [3.05, 3.63) is 59.1 Å². The van der Waals surface area contributed by atoms with Gasteiger partial charge in [-0.05, 0) is 42.5 Å². The van der Waals surface area contributed by atoms with E-state index < -0.39 is 5.82 Å². The van der Waals surface area contributed by atoms with E-state index in [0.717, 1.165) is 11.0 Å². The van der Waals surface area contributed by atoms with Crippen LogP contribution in [0.1, 0.15) is 5.82 Å². The van der Waals surface area contributed by atoms with Gasteiger partial charge in [-0.1, -0.05) is 23.7 Å². The summed E-state index contributed by atoms with van der Waals surface area (Å²) < 4.78 is 15.0. The molecule has 0 aliphatic rings. The van der Waals surface area contributed by atoms with Crippen molar-refractivity contribution in [2.24, 2.45) is 7.05 Å². The van der Waals surface area contributed by atoms with E-state index >= 15 is 0 Å². The minimum absolute atomic E-state index is 0.0244. The molecule has 1 aromatic heterocycles. The van der Waals surface area contributed by atoms with E-state index in [0.29, 0.717) is 11.5 Å². The number of hydrogen-bond donors (Lipinski definition) is 3. The number of nitrogens with zero attached hydrogens (tertiary/aromatic N) is 2. The van der Waals surface area contributed by atoms with E-state index in [9.17, 15) is 9.18 Å². The minimum Gasteiger partial charge on any atom is -0.331 e. The molecule has 0 saturated carbocycles. The number of aromatic nitrogens is 2. The third-order valence-corrected chi connectivity index (χ3v) is 4.19. The number of rotatable bonds is 3. The quantitative estimate of drug-likeness (QED) is 0.473. The normalized spacial score (nSPS) is 10.6. The maximum absolute atomic E-state index is 13.1. The van der Waals surface area contributed by atoms with Gasteiger partial charge in [0.15, 0.2) is 5.11 Å². The van der Waals surface area contributed by atoms with E-state index in [1.54, 1.807) is 0 Å². The zero-order chi connectivity index (χ0) is 18.7. The van der Waals surface area contributed by atoms with Crippen LogP contribution in [0.25, 0.3) is 11.0 Å². The highest BCUT2D eigenvalue weighted by Crippen LogP contribution is 2.19. The van der Waals surface area contributed by atoms with Gasteiger partial charge in [-0.15, -0.1) is 0 Å². The van der Waals surface area contributed by atoms with E-state index in [1.165, 1.54) is 18.2 Å². The van der Waals surface area contributed by atoms with Crippen LogP contribution in [0.15, 0.2) is 42.5 Å². The number of benzene rings is 2. The Bertz CT molecular complexity index is 990. The average Bonchev–Trinajstić information content (AvgIpc) is 2.92. The fraction of sp³-hybridized carbons (Fsp3) is 0.118. The summed E-state index contributed by atoms with van der Waals surface area (Å²) in [7, 11) is 1.86. The molecule has 0 bridgehead atoms. The van der Waals surface area contributed by atoms with Crippen molar-refractivity contribution < 1.29 is 9.18 Å². The highest BCUT2D eigenvalue weighted by atomic mass is 35.5. The molecule has 0 spiro atoms. The molecule has 1 amide bonds.